The third-order valence-electron chi connectivity index (χ3n) is 4.33. The van der Waals surface area contributed by atoms with Crippen molar-refractivity contribution in [3.63, 3.8) is 0 Å². The van der Waals surface area contributed by atoms with Crippen LogP contribution in [0.15, 0.2) is 51.6 Å². The van der Waals surface area contributed by atoms with E-state index in [0.29, 0.717) is 6.61 Å². The zero-order valence-electron chi connectivity index (χ0n) is 14.9. The molecular weight excluding hydrogens is 412 g/mol. The van der Waals surface area contributed by atoms with Gasteiger partial charge in [-0.1, -0.05) is 23.9 Å². The number of nitrogens with zero attached hydrogens (tertiary/aromatic N) is 4. The van der Waals surface area contributed by atoms with E-state index in [1.54, 1.807) is 34.4 Å². The van der Waals surface area contributed by atoms with Gasteiger partial charge in [0.25, 0.3) is 0 Å². The Kier molecular flexibility index (Phi) is 4.79. The van der Waals surface area contributed by atoms with Crippen molar-refractivity contribution in [2.45, 2.75) is 17.0 Å². The molecule has 0 saturated carbocycles. The minimum absolute atomic E-state index is 0.272. The Morgan fingerprint density at radius 3 is 2.93 bits per heavy atom. The number of fused-ring (bicyclic) bond motifs is 1. The van der Waals surface area contributed by atoms with E-state index in [4.69, 9.17) is 14.5 Å². The van der Waals surface area contributed by atoms with Gasteiger partial charge >= 0.3 is 0 Å². The molecule has 28 heavy (non-hydrogen) atoms. The van der Waals surface area contributed by atoms with E-state index in [-0.39, 0.29) is 6.10 Å². The van der Waals surface area contributed by atoms with E-state index in [1.165, 1.54) is 5.56 Å². The third-order valence-corrected chi connectivity index (χ3v) is 7.01. The number of aromatic nitrogens is 4. The summed E-state index contributed by atoms with van der Waals surface area (Å²) in [7, 11) is 1.96. The normalized spacial score (nSPS) is 15.7. The van der Waals surface area contributed by atoms with E-state index in [9.17, 15) is 0 Å². The van der Waals surface area contributed by atoms with Crippen molar-refractivity contribution in [3.05, 3.63) is 58.0 Å². The summed E-state index contributed by atoms with van der Waals surface area (Å²) >= 11 is 4.98. The average Bonchev–Trinajstić information content (AvgIpc) is 3.47. The molecule has 9 heteroatoms. The summed E-state index contributed by atoms with van der Waals surface area (Å²) in [6, 6.07) is 9.77. The number of hydrogen-bond acceptors (Lipinski definition) is 8. The number of ether oxygens (including phenoxy) is 2. The van der Waals surface area contributed by atoms with Crippen LogP contribution in [0.1, 0.15) is 17.6 Å². The van der Waals surface area contributed by atoms with Crippen molar-refractivity contribution in [1.29, 1.82) is 0 Å². The summed E-state index contributed by atoms with van der Waals surface area (Å²) in [5.74, 6) is 3.01. The van der Waals surface area contributed by atoms with Gasteiger partial charge in [0.05, 0.1) is 5.69 Å². The summed E-state index contributed by atoms with van der Waals surface area (Å²) in [6.45, 7) is 0.420. The van der Waals surface area contributed by atoms with Crippen LogP contribution in [-0.4, -0.2) is 26.4 Å². The molecule has 1 aliphatic heterocycles. The highest BCUT2D eigenvalue weighted by molar-refractivity contribution is 7.98. The van der Waals surface area contributed by atoms with Crippen LogP contribution in [0, 0.1) is 0 Å². The topological polar surface area (TPSA) is 62.1 Å². The zero-order chi connectivity index (χ0) is 18.9. The first-order valence-corrected chi connectivity index (χ1v) is 11.5. The van der Waals surface area contributed by atoms with E-state index in [2.05, 4.69) is 32.4 Å². The molecule has 0 aliphatic carbocycles. The van der Waals surface area contributed by atoms with Crippen molar-refractivity contribution in [2.24, 2.45) is 7.05 Å². The maximum atomic E-state index is 6.05. The van der Waals surface area contributed by atoms with E-state index in [1.807, 2.05) is 35.9 Å². The number of thiophene rings is 1. The van der Waals surface area contributed by atoms with Crippen LogP contribution in [0.25, 0.3) is 10.6 Å². The highest BCUT2D eigenvalue weighted by Gasteiger charge is 2.27. The lowest BCUT2D eigenvalue weighted by Crippen LogP contribution is -2.24. The van der Waals surface area contributed by atoms with Gasteiger partial charge in [0, 0.05) is 29.1 Å². The molecule has 0 N–H and O–H groups in total. The van der Waals surface area contributed by atoms with Crippen LogP contribution >= 0.6 is 34.4 Å². The van der Waals surface area contributed by atoms with E-state index in [0.717, 1.165) is 38.9 Å². The Morgan fingerprint density at radius 2 is 2.07 bits per heavy atom. The second kappa shape index (κ2) is 7.57. The highest BCUT2D eigenvalue weighted by Crippen LogP contribution is 2.36. The Hall–Kier alpha value is -2.36. The second-order valence-electron chi connectivity index (χ2n) is 6.21. The molecular formula is C19H16N4O2S3. The van der Waals surface area contributed by atoms with Crippen LogP contribution < -0.4 is 9.47 Å². The molecule has 4 heterocycles. The fraction of sp³-hybridized carbons (Fsp3) is 0.211. The fourth-order valence-electron chi connectivity index (χ4n) is 2.91. The average molecular weight is 429 g/mol. The molecule has 0 amide bonds. The Labute approximate surface area is 174 Å². The molecule has 3 aromatic heterocycles. The van der Waals surface area contributed by atoms with Gasteiger partial charge in [0.2, 0.25) is 0 Å². The molecule has 0 bridgehead atoms. The van der Waals surface area contributed by atoms with Gasteiger partial charge < -0.3 is 14.0 Å². The number of hydrogen-bond donors (Lipinski definition) is 0. The molecule has 6 nitrogen and oxygen atoms in total. The van der Waals surface area contributed by atoms with E-state index < -0.39 is 0 Å². The van der Waals surface area contributed by atoms with Crippen molar-refractivity contribution in [1.82, 2.24) is 19.7 Å². The molecule has 0 radical (unpaired) electrons. The van der Waals surface area contributed by atoms with Gasteiger partial charge in [-0.05, 0) is 23.6 Å². The Balaban J connectivity index is 1.27. The molecule has 4 aromatic rings. The first-order valence-electron chi connectivity index (χ1n) is 8.65. The summed E-state index contributed by atoms with van der Waals surface area (Å²) in [5.41, 5.74) is 2.23. The van der Waals surface area contributed by atoms with Crippen LogP contribution in [-0.2, 0) is 12.8 Å². The maximum absolute atomic E-state index is 6.05. The second-order valence-corrected chi connectivity index (χ2v) is 8.79. The van der Waals surface area contributed by atoms with Crippen LogP contribution in [0.5, 0.6) is 11.5 Å². The monoisotopic (exact) mass is 428 g/mol. The lowest BCUT2D eigenvalue weighted by Gasteiger charge is -2.25. The first kappa shape index (κ1) is 17.7. The first-order chi connectivity index (χ1) is 13.8. The third kappa shape index (κ3) is 3.41. The minimum atomic E-state index is -0.272. The summed E-state index contributed by atoms with van der Waals surface area (Å²) < 4.78 is 13.8. The molecule has 0 fully saturated rings. The predicted octanol–water partition coefficient (Wildman–Crippen LogP) is 4.80. The van der Waals surface area contributed by atoms with Gasteiger partial charge in [-0.25, -0.2) is 4.98 Å². The van der Waals surface area contributed by atoms with Gasteiger partial charge in [0.1, 0.15) is 11.6 Å². The summed E-state index contributed by atoms with van der Waals surface area (Å²) in [4.78, 5) is 4.72. The van der Waals surface area contributed by atoms with Crippen LogP contribution in [0.3, 0.4) is 0 Å². The predicted molar refractivity (Wildman–Crippen MR) is 111 cm³/mol. The standard InChI is InChI=1S/C19H16N4O2S3/c1-23-17(16-8-24-14-4-2-3-5-15(14)25-16)21-22-19(23)28-11-13-10-27-18(20-13)12-6-7-26-9-12/h2-7,9-10,16H,8,11H2,1H3. The van der Waals surface area contributed by atoms with Crippen molar-refractivity contribution >= 4 is 34.4 Å². The maximum Gasteiger partial charge on any atom is 0.192 e. The number of benzene rings is 1. The fourth-order valence-corrected chi connectivity index (χ4v) is 5.36. The van der Waals surface area contributed by atoms with E-state index >= 15 is 0 Å². The molecule has 1 unspecified atom stereocenters. The molecule has 1 aliphatic rings. The van der Waals surface area contributed by atoms with Gasteiger partial charge in [-0.3, -0.25) is 0 Å². The smallest absolute Gasteiger partial charge is 0.192 e. The molecule has 1 atom stereocenters. The largest absolute Gasteiger partial charge is 0.485 e. The Morgan fingerprint density at radius 1 is 1.18 bits per heavy atom. The van der Waals surface area contributed by atoms with Crippen LogP contribution in [0.2, 0.25) is 0 Å². The zero-order valence-corrected chi connectivity index (χ0v) is 17.4. The van der Waals surface area contributed by atoms with Crippen molar-refractivity contribution < 1.29 is 9.47 Å². The highest BCUT2D eigenvalue weighted by atomic mass is 32.2. The number of rotatable bonds is 5. The minimum Gasteiger partial charge on any atom is -0.485 e. The van der Waals surface area contributed by atoms with Gasteiger partial charge in [-0.15, -0.1) is 21.5 Å². The molecule has 0 saturated heterocycles. The summed E-state index contributed by atoms with van der Waals surface area (Å²) in [6.07, 6.45) is -0.272. The number of thiazole rings is 1. The number of thioether (sulfide) groups is 1. The Bertz CT molecular complexity index is 1090. The SMILES string of the molecule is Cn1c(SCc2csc(-c3ccsc3)n2)nnc1C1COc2ccccc2O1. The molecule has 5 rings (SSSR count). The van der Waals surface area contributed by atoms with Gasteiger partial charge in [0.15, 0.2) is 28.6 Å². The molecule has 1 aromatic carbocycles. The quantitative estimate of drug-likeness (QED) is 0.425. The van der Waals surface area contributed by atoms with Crippen molar-refractivity contribution in [2.75, 3.05) is 6.61 Å². The lowest BCUT2D eigenvalue weighted by molar-refractivity contribution is 0.0825. The molecule has 0 spiro atoms. The molecule has 142 valence electrons. The lowest BCUT2D eigenvalue weighted by atomic mass is 10.2. The summed E-state index contributed by atoms with van der Waals surface area (Å²) in [5, 5.41) is 16.9. The van der Waals surface area contributed by atoms with Gasteiger partial charge in [-0.2, -0.15) is 11.3 Å². The van der Waals surface area contributed by atoms with Crippen molar-refractivity contribution in [3.8, 4) is 22.1 Å². The number of para-hydroxylation sites is 2. The van der Waals surface area contributed by atoms with Crippen LogP contribution in [0.4, 0.5) is 0 Å².